The van der Waals surface area contributed by atoms with Gasteiger partial charge in [0, 0.05) is 6.07 Å². The number of aliphatic hydroxyl groups is 1. The molecule has 1 aliphatic heterocycles. The van der Waals surface area contributed by atoms with Gasteiger partial charge < -0.3 is 14.6 Å². The van der Waals surface area contributed by atoms with E-state index in [0.717, 1.165) is 24.3 Å². The van der Waals surface area contributed by atoms with E-state index in [-0.39, 0.29) is 11.3 Å². The summed E-state index contributed by atoms with van der Waals surface area (Å²) < 4.78 is 99.7. The van der Waals surface area contributed by atoms with Gasteiger partial charge in [-0.2, -0.15) is 22.8 Å². The summed E-state index contributed by atoms with van der Waals surface area (Å²) in [6.07, 6.45) is -7.19. The van der Waals surface area contributed by atoms with E-state index in [9.17, 15) is 35.5 Å². The molecule has 2 aromatic carbocycles. The summed E-state index contributed by atoms with van der Waals surface area (Å²) in [6, 6.07) is 5.61. The van der Waals surface area contributed by atoms with Gasteiger partial charge in [0.2, 0.25) is 9.84 Å². The topological polar surface area (TPSA) is 96.6 Å². The Morgan fingerprint density at radius 2 is 1.93 bits per heavy atom. The molecule has 0 aromatic heterocycles. The fraction of sp³-hybridized carbons (Fsp3) is 0.188. The number of fused-ring (bicyclic) bond motifs is 1. The van der Waals surface area contributed by atoms with Gasteiger partial charge in [0.15, 0.2) is 17.6 Å². The van der Waals surface area contributed by atoms with Crippen molar-refractivity contribution in [2.75, 3.05) is 0 Å². The van der Waals surface area contributed by atoms with Crippen molar-refractivity contribution < 1.29 is 45.0 Å². The Hall–Kier alpha value is -2.91. The molecule has 1 N–H and O–H groups in total. The second-order valence-electron chi connectivity index (χ2n) is 5.57. The van der Waals surface area contributed by atoms with Crippen LogP contribution in [0.2, 0.25) is 0 Å². The minimum Gasteiger partial charge on any atom is -0.453 e. The third-order valence-electron chi connectivity index (χ3n) is 3.72. The first-order chi connectivity index (χ1) is 13.0. The van der Waals surface area contributed by atoms with Crippen LogP contribution in [0.15, 0.2) is 35.2 Å². The number of halogens is 5. The Labute approximate surface area is 154 Å². The van der Waals surface area contributed by atoms with E-state index >= 15 is 0 Å². The molecule has 6 nitrogen and oxygen atoms in total. The molecule has 0 spiro atoms. The molecule has 148 valence electrons. The fourth-order valence-corrected chi connectivity index (χ4v) is 3.48. The van der Waals surface area contributed by atoms with Gasteiger partial charge in [0.25, 0.3) is 0 Å². The number of sulfone groups is 1. The van der Waals surface area contributed by atoms with Crippen LogP contribution >= 0.6 is 0 Å². The average Bonchev–Trinajstić information content (AvgIpc) is 2.85. The molecule has 0 saturated carbocycles. The number of nitrogens with zero attached hydrogens (tertiary/aromatic N) is 1. The molecule has 0 bridgehead atoms. The molecule has 0 unspecified atom stereocenters. The zero-order valence-electron chi connectivity index (χ0n) is 13.4. The Kier molecular flexibility index (Phi) is 4.68. The van der Waals surface area contributed by atoms with Gasteiger partial charge in [0.05, 0.1) is 22.1 Å². The van der Waals surface area contributed by atoms with Crippen LogP contribution in [0, 0.1) is 17.1 Å². The zero-order chi connectivity index (χ0) is 20.9. The number of ether oxygens (including phenoxy) is 2. The predicted octanol–water partition coefficient (Wildman–Crippen LogP) is 3.50. The maximum absolute atomic E-state index is 13.8. The van der Waals surface area contributed by atoms with Gasteiger partial charge in [-0.25, -0.2) is 12.8 Å². The molecule has 2 aromatic rings. The molecule has 12 heteroatoms. The van der Waals surface area contributed by atoms with Crippen LogP contribution in [0.1, 0.15) is 17.2 Å². The van der Waals surface area contributed by atoms with Crippen LogP contribution in [-0.4, -0.2) is 25.4 Å². The molecule has 1 heterocycles. The summed E-state index contributed by atoms with van der Waals surface area (Å²) in [4.78, 5) is -1.26. The molecule has 3 rings (SSSR count). The first-order valence-electron chi connectivity index (χ1n) is 7.29. The standard InChI is InChI=1S/C16H8F5NO5S/c17-8-3-7(6-22)4-9(5-8)26-10-1-2-11(28(24,25)15(18)19)12-13(10)27-16(20,21)14(12)23/h1-5,14-15,23H/t14-/m0/s1. The number of aliphatic hydroxyl groups excluding tert-OH is 1. The summed E-state index contributed by atoms with van der Waals surface area (Å²) in [5.74, 6) is -6.77. The number of benzene rings is 2. The summed E-state index contributed by atoms with van der Waals surface area (Å²) in [6.45, 7) is 0. The summed E-state index contributed by atoms with van der Waals surface area (Å²) in [5.41, 5.74) is -1.28. The molecule has 0 radical (unpaired) electrons. The SMILES string of the molecule is N#Cc1cc(F)cc(Oc2ccc(S(=O)(=O)C(F)F)c3c2OC(F)(F)[C@H]3O)c1. The molecular weight excluding hydrogens is 413 g/mol. The summed E-state index contributed by atoms with van der Waals surface area (Å²) in [7, 11) is -5.36. The van der Waals surface area contributed by atoms with Crippen molar-refractivity contribution >= 4 is 9.84 Å². The molecule has 0 fully saturated rings. The highest BCUT2D eigenvalue weighted by atomic mass is 32.2. The number of hydrogen-bond acceptors (Lipinski definition) is 6. The van der Waals surface area contributed by atoms with E-state index in [2.05, 4.69) is 4.74 Å². The van der Waals surface area contributed by atoms with Gasteiger partial charge >= 0.3 is 11.9 Å². The van der Waals surface area contributed by atoms with E-state index in [4.69, 9.17) is 10.00 Å². The third kappa shape index (κ3) is 3.23. The fourth-order valence-electron chi connectivity index (χ4n) is 2.52. The van der Waals surface area contributed by atoms with Crippen LogP contribution in [0.25, 0.3) is 0 Å². The Bertz CT molecular complexity index is 1100. The molecule has 0 saturated heterocycles. The number of alkyl halides is 4. The monoisotopic (exact) mass is 421 g/mol. The second-order valence-corrected chi connectivity index (χ2v) is 7.45. The lowest BCUT2D eigenvalue weighted by Crippen LogP contribution is -2.27. The van der Waals surface area contributed by atoms with Crippen LogP contribution in [0.3, 0.4) is 0 Å². The molecule has 1 aliphatic rings. The van der Waals surface area contributed by atoms with Crippen molar-refractivity contribution in [1.82, 2.24) is 0 Å². The molecule has 28 heavy (non-hydrogen) atoms. The molecule has 0 aliphatic carbocycles. The summed E-state index contributed by atoms with van der Waals surface area (Å²) >= 11 is 0. The number of hydrogen-bond donors (Lipinski definition) is 1. The van der Waals surface area contributed by atoms with Gasteiger partial charge in [-0.1, -0.05) is 0 Å². The second kappa shape index (κ2) is 6.61. The minimum atomic E-state index is -5.36. The Morgan fingerprint density at radius 3 is 2.54 bits per heavy atom. The number of rotatable bonds is 4. The van der Waals surface area contributed by atoms with Crippen LogP contribution in [0.4, 0.5) is 22.0 Å². The third-order valence-corrected chi connectivity index (χ3v) is 5.16. The normalized spacial score (nSPS) is 17.7. The van der Waals surface area contributed by atoms with Gasteiger partial charge in [0.1, 0.15) is 11.6 Å². The first kappa shape index (κ1) is 19.8. The van der Waals surface area contributed by atoms with Gasteiger partial charge in [-0.3, -0.25) is 0 Å². The highest BCUT2D eigenvalue weighted by Gasteiger charge is 2.54. The highest BCUT2D eigenvalue weighted by Crippen LogP contribution is 2.53. The highest BCUT2D eigenvalue weighted by molar-refractivity contribution is 7.91. The maximum Gasteiger partial charge on any atom is 0.429 e. The predicted molar refractivity (Wildman–Crippen MR) is 81.4 cm³/mol. The average molecular weight is 421 g/mol. The lowest BCUT2D eigenvalue weighted by molar-refractivity contribution is -0.224. The van der Waals surface area contributed by atoms with E-state index in [1.807, 2.05) is 0 Å². The van der Waals surface area contributed by atoms with E-state index in [1.165, 1.54) is 0 Å². The van der Waals surface area contributed by atoms with E-state index in [0.29, 0.717) is 6.07 Å². The molecular formula is C16H8F5NO5S. The Balaban J connectivity index is 2.17. The smallest absolute Gasteiger partial charge is 0.429 e. The summed E-state index contributed by atoms with van der Waals surface area (Å²) in [5, 5.41) is 18.5. The molecule has 0 amide bonds. The van der Waals surface area contributed by atoms with Crippen LogP contribution < -0.4 is 9.47 Å². The first-order valence-corrected chi connectivity index (χ1v) is 8.84. The Morgan fingerprint density at radius 1 is 1.25 bits per heavy atom. The van der Waals surface area contributed by atoms with E-state index < -0.39 is 55.6 Å². The zero-order valence-corrected chi connectivity index (χ0v) is 14.2. The van der Waals surface area contributed by atoms with Crippen molar-refractivity contribution in [2.24, 2.45) is 0 Å². The van der Waals surface area contributed by atoms with Crippen molar-refractivity contribution in [3.8, 4) is 23.3 Å². The van der Waals surface area contributed by atoms with Crippen LogP contribution in [0.5, 0.6) is 17.2 Å². The van der Waals surface area contributed by atoms with Crippen molar-refractivity contribution in [1.29, 1.82) is 5.26 Å². The van der Waals surface area contributed by atoms with E-state index in [1.54, 1.807) is 6.07 Å². The maximum atomic E-state index is 13.8. The lowest BCUT2D eigenvalue weighted by Gasteiger charge is -2.13. The van der Waals surface area contributed by atoms with Gasteiger partial charge in [-0.05, 0) is 24.3 Å². The van der Waals surface area contributed by atoms with Crippen LogP contribution in [-0.2, 0) is 9.84 Å². The minimum absolute atomic E-state index is 0.171. The molecule has 1 atom stereocenters. The van der Waals surface area contributed by atoms with Crippen molar-refractivity contribution in [2.45, 2.75) is 22.9 Å². The largest absolute Gasteiger partial charge is 0.453 e. The number of nitriles is 1. The van der Waals surface area contributed by atoms with Crippen molar-refractivity contribution in [3.63, 3.8) is 0 Å². The lowest BCUT2D eigenvalue weighted by atomic mass is 10.1. The van der Waals surface area contributed by atoms with Gasteiger partial charge in [-0.15, -0.1) is 0 Å². The van der Waals surface area contributed by atoms with Crippen molar-refractivity contribution in [3.05, 3.63) is 47.3 Å². The quantitative estimate of drug-likeness (QED) is 0.759.